The van der Waals surface area contributed by atoms with Crippen LogP contribution in [0, 0.1) is 12.8 Å². The van der Waals surface area contributed by atoms with Gasteiger partial charge in [0.1, 0.15) is 0 Å². The summed E-state index contributed by atoms with van der Waals surface area (Å²) >= 11 is 0. The number of hydrogen-bond acceptors (Lipinski definition) is 3. The fraction of sp³-hybridized carbons (Fsp3) is 0.706. The topological polar surface area (TPSA) is 67.2 Å². The smallest absolute Gasteiger partial charge is 0.225 e. The lowest BCUT2D eigenvalue weighted by atomic mass is 10.1. The van der Waals surface area contributed by atoms with E-state index in [-0.39, 0.29) is 17.7 Å². The van der Waals surface area contributed by atoms with Crippen LogP contribution in [-0.4, -0.2) is 45.6 Å². The minimum atomic E-state index is -0.171. The molecular weight excluding hydrogens is 292 g/mol. The molecule has 1 N–H and O–H groups in total. The molecule has 1 aromatic heterocycles. The van der Waals surface area contributed by atoms with Crippen LogP contribution in [-0.2, 0) is 16.1 Å². The van der Waals surface area contributed by atoms with Gasteiger partial charge in [-0.25, -0.2) is 0 Å². The van der Waals surface area contributed by atoms with Crippen molar-refractivity contribution in [2.45, 2.75) is 58.0 Å². The van der Waals surface area contributed by atoms with E-state index in [1.165, 1.54) is 12.8 Å². The van der Waals surface area contributed by atoms with E-state index >= 15 is 0 Å². The van der Waals surface area contributed by atoms with E-state index in [9.17, 15) is 9.59 Å². The Morgan fingerprint density at radius 3 is 2.87 bits per heavy atom. The molecule has 1 aliphatic heterocycles. The molecule has 2 aliphatic rings. The Bertz CT molecular complexity index is 563. The van der Waals surface area contributed by atoms with Gasteiger partial charge >= 0.3 is 0 Å². The van der Waals surface area contributed by atoms with Gasteiger partial charge in [0.2, 0.25) is 11.8 Å². The van der Waals surface area contributed by atoms with E-state index in [2.05, 4.69) is 10.4 Å². The molecule has 1 saturated heterocycles. The van der Waals surface area contributed by atoms with Crippen LogP contribution in [0.5, 0.6) is 0 Å². The molecule has 3 rings (SSSR count). The number of carbonyl (C=O) groups excluding carboxylic acids is 2. The fourth-order valence-corrected chi connectivity index (χ4v) is 3.66. The summed E-state index contributed by atoms with van der Waals surface area (Å²) in [6.07, 6.45) is 9.67. The lowest BCUT2D eigenvalue weighted by molar-refractivity contribution is -0.130. The normalized spacial score (nSPS) is 22.0. The van der Waals surface area contributed by atoms with Crippen LogP contribution in [0.3, 0.4) is 0 Å². The van der Waals surface area contributed by atoms with E-state index in [1.807, 2.05) is 28.9 Å². The molecule has 6 nitrogen and oxygen atoms in total. The Hall–Kier alpha value is -1.85. The zero-order valence-corrected chi connectivity index (χ0v) is 13.8. The van der Waals surface area contributed by atoms with E-state index in [1.54, 1.807) is 0 Å². The van der Waals surface area contributed by atoms with Crippen molar-refractivity contribution >= 4 is 11.8 Å². The summed E-state index contributed by atoms with van der Waals surface area (Å²) in [5.41, 5.74) is 1.14. The van der Waals surface area contributed by atoms with E-state index in [0.29, 0.717) is 25.6 Å². The molecule has 1 atom stereocenters. The van der Waals surface area contributed by atoms with Crippen molar-refractivity contribution in [1.29, 1.82) is 0 Å². The molecule has 0 spiro atoms. The van der Waals surface area contributed by atoms with E-state index < -0.39 is 0 Å². The van der Waals surface area contributed by atoms with Crippen LogP contribution in [0.2, 0.25) is 0 Å². The first-order valence-corrected chi connectivity index (χ1v) is 8.70. The third-order valence-corrected chi connectivity index (χ3v) is 4.92. The molecule has 0 unspecified atom stereocenters. The minimum absolute atomic E-state index is 0.0236. The molecular formula is C17H26N4O2. The maximum Gasteiger partial charge on any atom is 0.225 e. The van der Waals surface area contributed by atoms with Crippen LogP contribution >= 0.6 is 0 Å². The number of amides is 2. The molecule has 0 radical (unpaired) electrons. The van der Waals surface area contributed by atoms with Gasteiger partial charge in [0, 0.05) is 38.3 Å². The molecule has 0 bridgehead atoms. The zero-order chi connectivity index (χ0) is 16.2. The lowest BCUT2D eigenvalue weighted by Crippen LogP contribution is -2.37. The van der Waals surface area contributed by atoms with Crippen molar-refractivity contribution < 1.29 is 9.59 Å². The Kier molecular flexibility index (Phi) is 4.98. The summed E-state index contributed by atoms with van der Waals surface area (Å²) < 4.78 is 1.89. The van der Waals surface area contributed by atoms with Crippen molar-refractivity contribution in [3.63, 3.8) is 0 Å². The SMILES string of the molecule is Cc1cnn(CCCNC(=O)[C@H]2CC(=O)N(C3CCCC3)C2)c1. The highest BCUT2D eigenvalue weighted by Gasteiger charge is 2.38. The lowest BCUT2D eigenvalue weighted by Gasteiger charge is -2.23. The summed E-state index contributed by atoms with van der Waals surface area (Å²) in [5, 5.41) is 7.20. The summed E-state index contributed by atoms with van der Waals surface area (Å²) in [6.45, 7) is 4.05. The van der Waals surface area contributed by atoms with Gasteiger partial charge in [-0.15, -0.1) is 0 Å². The molecule has 6 heteroatoms. The first kappa shape index (κ1) is 16.0. The number of nitrogens with one attached hydrogen (secondary N) is 1. The standard InChI is InChI=1S/C17H26N4O2/c1-13-10-19-20(11-13)8-4-7-18-17(23)14-9-16(22)21(12-14)15-5-2-3-6-15/h10-11,14-15H,2-9,12H2,1H3,(H,18,23)/t14-/m0/s1. The van der Waals surface area contributed by atoms with Crippen molar-refractivity contribution in [2.75, 3.05) is 13.1 Å². The fourth-order valence-electron chi connectivity index (χ4n) is 3.66. The highest BCUT2D eigenvalue weighted by molar-refractivity contribution is 5.89. The Morgan fingerprint density at radius 1 is 1.39 bits per heavy atom. The van der Waals surface area contributed by atoms with Gasteiger partial charge in [-0.3, -0.25) is 14.3 Å². The van der Waals surface area contributed by atoms with E-state index in [0.717, 1.165) is 31.4 Å². The van der Waals surface area contributed by atoms with Crippen LogP contribution < -0.4 is 5.32 Å². The minimum Gasteiger partial charge on any atom is -0.356 e. The van der Waals surface area contributed by atoms with Gasteiger partial charge in [0.15, 0.2) is 0 Å². The highest BCUT2D eigenvalue weighted by Crippen LogP contribution is 2.29. The van der Waals surface area contributed by atoms with Crippen molar-refractivity contribution in [1.82, 2.24) is 20.0 Å². The number of nitrogens with zero attached hydrogens (tertiary/aromatic N) is 3. The number of likely N-dealkylation sites (tertiary alicyclic amines) is 1. The molecule has 126 valence electrons. The van der Waals surface area contributed by atoms with Gasteiger partial charge in [-0.05, 0) is 31.7 Å². The van der Waals surface area contributed by atoms with E-state index in [4.69, 9.17) is 0 Å². The summed E-state index contributed by atoms with van der Waals surface area (Å²) in [7, 11) is 0. The third-order valence-electron chi connectivity index (χ3n) is 4.92. The second-order valence-corrected chi connectivity index (χ2v) is 6.81. The van der Waals surface area contributed by atoms with Crippen molar-refractivity contribution in [3.05, 3.63) is 18.0 Å². The van der Waals surface area contributed by atoms with Crippen LogP contribution in [0.4, 0.5) is 0 Å². The van der Waals surface area contributed by atoms with Crippen molar-refractivity contribution in [3.8, 4) is 0 Å². The van der Waals surface area contributed by atoms with Crippen molar-refractivity contribution in [2.24, 2.45) is 5.92 Å². The first-order valence-electron chi connectivity index (χ1n) is 8.70. The molecule has 1 aliphatic carbocycles. The number of hydrogen-bond donors (Lipinski definition) is 1. The Balaban J connectivity index is 1.39. The van der Waals surface area contributed by atoms with Gasteiger partial charge in [-0.2, -0.15) is 5.10 Å². The molecule has 0 aromatic carbocycles. The molecule has 2 fully saturated rings. The van der Waals surface area contributed by atoms with Crippen LogP contribution in [0.25, 0.3) is 0 Å². The predicted molar refractivity (Wildman–Crippen MR) is 86.7 cm³/mol. The second-order valence-electron chi connectivity index (χ2n) is 6.81. The quantitative estimate of drug-likeness (QED) is 0.808. The molecule has 1 saturated carbocycles. The third kappa shape index (κ3) is 3.92. The number of carbonyl (C=O) groups is 2. The monoisotopic (exact) mass is 318 g/mol. The summed E-state index contributed by atoms with van der Waals surface area (Å²) in [5.74, 6) is 0.00890. The highest BCUT2D eigenvalue weighted by atomic mass is 16.2. The average molecular weight is 318 g/mol. The number of aryl methyl sites for hydroxylation is 2. The summed E-state index contributed by atoms with van der Waals surface area (Å²) in [4.78, 5) is 26.3. The molecule has 2 heterocycles. The van der Waals surface area contributed by atoms with Gasteiger partial charge in [-0.1, -0.05) is 12.8 Å². The zero-order valence-electron chi connectivity index (χ0n) is 13.8. The second kappa shape index (κ2) is 7.15. The van der Waals surface area contributed by atoms with Crippen LogP contribution in [0.15, 0.2) is 12.4 Å². The average Bonchev–Trinajstić information content (AvgIpc) is 3.24. The Morgan fingerprint density at radius 2 is 2.17 bits per heavy atom. The predicted octanol–water partition coefficient (Wildman–Crippen LogP) is 1.49. The van der Waals surface area contributed by atoms with Gasteiger partial charge in [0.25, 0.3) is 0 Å². The molecule has 23 heavy (non-hydrogen) atoms. The van der Waals surface area contributed by atoms with Gasteiger partial charge in [0.05, 0.1) is 12.1 Å². The molecule has 2 amide bonds. The maximum atomic E-state index is 12.3. The maximum absolute atomic E-state index is 12.3. The number of rotatable bonds is 6. The van der Waals surface area contributed by atoms with Gasteiger partial charge < -0.3 is 10.2 Å². The van der Waals surface area contributed by atoms with Crippen LogP contribution in [0.1, 0.15) is 44.1 Å². The largest absolute Gasteiger partial charge is 0.356 e. The first-order chi connectivity index (χ1) is 11.1. The number of aromatic nitrogens is 2. The summed E-state index contributed by atoms with van der Waals surface area (Å²) in [6, 6.07) is 0.378. The molecule has 1 aromatic rings. The Labute approximate surface area is 137 Å².